The summed E-state index contributed by atoms with van der Waals surface area (Å²) in [5.41, 5.74) is 12.0. The highest BCUT2D eigenvalue weighted by Gasteiger charge is 2.21. The number of para-hydroxylation sites is 1. The molecule has 0 aliphatic rings. The zero-order valence-corrected chi connectivity index (χ0v) is 30.6. The summed E-state index contributed by atoms with van der Waals surface area (Å²) in [4.78, 5) is 2.39. The van der Waals surface area contributed by atoms with Crippen molar-refractivity contribution in [1.82, 2.24) is 0 Å². The Labute approximate surface area is 322 Å². The molecule has 0 unspecified atom stereocenters. The van der Waals surface area contributed by atoms with Gasteiger partial charge in [0.2, 0.25) is 0 Å². The van der Waals surface area contributed by atoms with Crippen molar-refractivity contribution in [2.24, 2.45) is 0 Å². The Hall–Kier alpha value is -6.94. The maximum atomic E-state index is 6.48. The van der Waals surface area contributed by atoms with Crippen molar-refractivity contribution in [2.45, 2.75) is 0 Å². The Morgan fingerprint density at radius 2 is 1.02 bits per heavy atom. The van der Waals surface area contributed by atoms with Crippen molar-refractivity contribution < 1.29 is 4.42 Å². The molecule has 0 spiro atoms. The van der Waals surface area contributed by atoms with Gasteiger partial charge in [-0.05, 0) is 93.2 Å². The van der Waals surface area contributed by atoms with Crippen molar-refractivity contribution in [2.75, 3.05) is 4.90 Å². The third-order valence-corrected chi connectivity index (χ3v) is 12.0. The van der Waals surface area contributed by atoms with Gasteiger partial charge in [-0.2, -0.15) is 0 Å². The van der Waals surface area contributed by atoms with Gasteiger partial charge >= 0.3 is 0 Å². The van der Waals surface area contributed by atoms with Crippen LogP contribution < -0.4 is 4.90 Å². The van der Waals surface area contributed by atoms with Crippen LogP contribution in [-0.4, -0.2) is 0 Å². The summed E-state index contributed by atoms with van der Waals surface area (Å²) in [7, 11) is 0. The fraction of sp³-hybridized carbons (Fsp3) is 0. The van der Waals surface area contributed by atoms with Crippen LogP contribution in [0.15, 0.2) is 205 Å². The van der Waals surface area contributed by atoms with Crippen LogP contribution in [0.2, 0.25) is 0 Å². The van der Waals surface area contributed by atoms with Crippen LogP contribution in [0, 0.1) is 0 Å². The van der Waals surface area contributed by atoms with E-state index in [1.807, 2.05) is 23.5 Å². The maximum Gasteiger partial charge on any atom is 0.137 e. The number of hydrogen-bond acceptors (Lipinski definition) is 3. The molecule has 0 saturated heterocycles. The first-order chi connectivity index (χ1) is 27.2. The molecule has 0 atom stereocenters. The summed E-state index contributed by atoms with van der Waals surface area (Å²) in [6, 6.07) is 72.3. The van der Waals surface area contributed by atoms with Gasteiger partial charge in [0.25, 0.3) is 0 Å². The minimum Gasteiger partial charge on any atom is -0.456 e. The van der Waals surface area contributed by atoms with E-state index in [0.29, 0.717) is 0 Å². The lowest BCUT2D eigenvalue weighted by Gasteiger charge is -2.29. The van der Waals surface area contributed by atoms with Crippen LogP contribution >= 0.6 is 11.3 Å². The molecular weight excluding hydrogens is 687 g/mol. The molecule has 11 rings (SSSR count). The predicted octanol–water partition coefficient (Wildman–Crippen LogP) is 15.6. The Bertz CT molecular complexity index is 3200. The van der Waals surface area contributed by atoms with Crippen LogP contribution in [0.3, 0.4) is 0 Å². The third kappa shape index (κ3) is 5.40. The molecule has 3 heteroatoms. The number of rotatable bonds is 6. The number of hydrogen-bond donors (Lipinski definition) is 0. The summed E-state index contributed by atoms with van der Waals surface area (Å²) in [6.45, 7) is 0. The van der Waals surface area contributed by atoms with Gasteiger partial charge < -0.3 is 9.32 Å². The van der Waals surface area contributed by atoms with E-state index >= 15 is 0 Å². The second-order valence-electron chi connectivity index (χ2n) is 14.1. The maximum absolute atomic E-state index is 6.48. The van der Waals surface area contributed by atoms with Crippen molar-refractivity contribution in [3.8, 4) is 33.4 Å². The van der Waals surface area contributed by atoms with Crippen LogP contribution in [0.25, 0.3) is 86.3 Å². The lowest BCUT2D eigenvalue weighted by atomic mass is 9.94. The largest absolute Gasteiger partial charge is 0.456 e. The minimum atomic E-state index is 0.864. The van der Waals surface area contributed by atoms with Gasteiger partial charge in [-0.3, -0.25) is 0 Å². The molecule has 0 aliphatic carbocycles. The number of benzene rings is 9. The molecule has 0 aliphatic heterocycles. The molecule has 55 heavy (non-hydrogen) atoms. The molecule has 0 amide bonds. The number of furan rings is 1. The standard InChI is InChI=1S/C52H33NOS/c1-2-11-36(12-3-1)43-28-23-38(42-18-10-14-35-13-4-5-15-41(35)42)32-48(43)53(40-27-29-45-44-16-6-8-19-49(44)54-50(45)33-40)39-25-21-34(22-26-39)37-24-30-52-47(31-37)46-17-7-9-20-51(46)55-52/h1-33H. The van der Waals surface area contributed by atoms with Crippen LogP contribution in [0.4, 0.5) is 17.1 Å². The quantitative estimate of drug-likeness (QED) is 0.170. The second kappa shape index (κ2) is 12.9. The highest BCUT2D eigenvalue weighted by atomic mass is 32.1. The Kier molecular flexibility index (Phi) is 7.39. The van der Waals surface area contributed by atoms with Crippen molar-refractivity contribution >= 4 is 81.3 Å². The molecule has 0 saturated carbocycles. The average molecular weight is 720 g/mol. The predicted molar refractivity (Wildman–Crippen MR) is 235 cm³/mol. The van der Waals surface area contributed by atoms with E-state index in [4.69, 9.17) is 4.42 Å². The lowest BCUT2D eigenvalue weighted by molar-refractivity contribution is 0.669. The molecule has 0 radical (unpaired) electrons. The number of thiophene rings is 1. The van der Waals surface area contributed by atoms with Crippen molar-refractivity contribution in [1.29, 1.82) is 0 Å². The van der Waals surface area contributed by atoms with Gasteiger partial charge in [0.05, 0.1) is 5.69 Å². The van der Waals surface area contributed by atoms with E-state index in [1.165, 1.54) is 47.6 Å². The van der Waals surface area contributed by atoms with Crippen molar-refractivity contribution in [3.05, 3.63) is 200 Å². The van der Waals surface area contributed by atoms with E-state index in [9.17, 15) is 0 Å². The van der Waals surface area contributed by atoms with E-state index in [-0.39, 0.29) is 0 Å². The summed E-state index contributed by atoms with van der Waals surface area (Å²) >= 11 is 1.85. The van der Waals surface area contributed by atoms with E-state index in [2.05, 4.69) is 193 Å². The average Bonchev–Trinajstić information content (AvgIpc) is 3.82. The molecular formula is C52H33NOS. The first-order valence-corrected chi connectivity index (χ1v) is 19.5. The smallest absolute Gasteiger partial charge is 0.137 e. The summed E-state index contributed by atoms with van der Waals surface area (Å²) in [5.74, 6) is 0. The molecule has 0 fully saturated rings. The Morgan fingerprint density at radius 3 is 1.91 bits per heavy atom. The van der Waals surface area contributed by atoms with Gasteiger partial charge in [0, 0.05) is 53.9 Å². The third-order valence-electron chi connectivity index (χ3n) is 10.9. The zero-order chi connectivity index (χ0) is 36.3. The first-order valence-electron chi connectivity index (χ1n) is 18.7. The highest BCUT2D eigenvalue weighted by Crippen LogP contribution is 2.45. The molecule has 2 nitrogen and oxygen atoms in total. The van der Waals surface area contributed by atoms with Gasteiger partial charge in [-0.15, -0.1) is 11.3 Å². The Morgan fingerprint density at radius 1 is 0.345 bits per heavy atom. The lowest BCUT2D eigenvalue weighted by Crippen LogP contribution is -2.11. The summed E-state index contributed by atoms with van der Waals surface area (Å²) in [6.07, 6.45) is 0. The molecule has 258 valence electrons. The molecule has 2 aromatic heterocycles. The number of anilines is 3. The van der Waals surface area contributed by atoms with E-state index < -0.39 is 0 Å². The van der Waals surface area contributed by atoms with Crippen molar-refractivity contribution in [3.63, 3.8) is 0 Å². The number of fused-ring (bicyclic) bond motifs is 7. The highest BCUT2D eigenvalue weighted by molar-refractivity contribution is 7.25. The van der Waals surface area contributed by atoms with Crippen LogP contribution in [-0.2, 0) is 0 Å². The van der Waals surface area contributed by atoms with E-state index in [1.54, 1.807) is 0 Å². The summed E-state index contributed by atoms with van der Waals surface area (Å²) in [5, 5.41) is 7.31. The SMILES string of the molecule is c1ccc(-c2ccc(-c3cccc4ccccc34)cc2N(c2ccc(-c3ccc4sc5ccccc5c4c3)cc2)c2ccc3c(c2)oc2ccccc23)cc1. The Balaban J connectivity index is 1.12. The fourth-order valence-corrected chi connectivity index (χ4v) is 9.30. The van der Waals surface area contributed by atoms with E-state index in [0.717, 1.165) is 55.7 Å². The van der Waals surface area contributed by atoms with Gasteiger partial charge in [-0.1, -0.05) is 140 Å². The molecule has 9 aromatic carbocycles. The first kappa shape index (κ1) is 31.6. The second-order valence-corrected chi connectivity index (χ2v) is 15.2. The van der Waals surface area contributed by atoms with Gasteiger partial charge in [0.15, 0.2) is 0 Å². The van der Waals surface area contributed by atoms with Crippen LogP contribution in [0.1, 0.15) is 0 Å². The van der Waals surface area contributed by atoms with Gasteiger partial charge in [-0.25, -0.2) is 0 Å². The normalized spacial score (nSPS) is 11.6. The summed E-state index contributed by atoms with van der Waals surface area (Å²) < 4.78 is 9.12. The molecule has 0 bridgehead atoms. The molecule has 11 aromatic rings. The zero-order valence-electron chi connectivity index (χ0n) is 29.8. The monoisotopic (exact) mass is 719 g/mol. The minimum absolute atomic E-state index is 0.864. The topological polar surface area (TPSA) is 16.4 Å². The fourth-order valence-electron chi connectivity index (χ4n) is 8.21. The number of nitrogens with zero attached hydrogens (tertiary/aromatic N) is 1. The molecule has 0 N–H and O–H groups in total. The molecule has 2 heterocycles. The van der Waals surface area contributed by atoms with Gasteiger partial charge in [0.1, 0.15) is 11.2 Å². The van der Waals surface area contributed by atoms with Crippen LogP contribution in [0.5, 0.6) is 0 Å².